The average Bonchev–Trinajstić information content (AvgIpc) is 3.53. The average molecular weight is 465 g/mol. The summed E-state index contributed by atoms with van der Waals surface area (Å²) in [6.07, 6.45) is -3.00. The number of fused-ring (bicyclic) bond motifs is 1. The van der Waals surface area contributed by atoms with Gasteiger partial charge in [0.1, 0.15) is 11.2 Å². The van der Waals surface area contributed by atoms with Crippen molar-refractivity contribution in [3.05, 3.63) is 45.9 Å². The van der Waals surface area contributed by atoms with Crippen LogP contribution in [0.15, 0.2) is 18.2 Å². The van der Waals surface area contributed by atoms with Crippen molar-refractivity contribution in [2.24, 2.45) is 5.41 Å². The molecule has 1 aliphatic heterocycles. The number of nitriles is 1. The number of halogens is 4. The van der Waals surface area contributed by atoms with Gasteiger partial charge in [-0.25, -0.2) is 9.97 Å². The van der Waals surface area contributed by atoms with Crippen molar-refractivity contribution in [2.75, 3.05) is 17.6 Å². The fraction of sp³-hybridized carbons (Fsp3) is 0.429. The van der Waals surface area contributed by atoms with Gasteiger partial charge in [-0.05, 0) is 55.1 Å². The van der Waals surface area contributed by atoms with Crippen LogP contribution in [0.1, 0.15) is 48.2 Å². The van der Waals surface area contributed by atoms with E-state index in [1.807, 2.05) is 0 Å². The number of carbonyl (C=O) groups excluding carboxylic acids is 1. The summed E-state index contributed by atoms with van der Waals surface area (Å²) in [5.74, 6) is 0.119. The number of nitrogens with two attached hydrogens (primary N) is 1. The molecule has 1 amide bonds. The molecule has 0 unspecified atom stereocenters. The second-order valence-corrected chi connectivity index (χ2v) is 8.53. The minimum absolute atomic E-state index is 0.00234. The normalized spacial score (nSPS) is 17.8. The van der Waals surface area contributed by atoms with Crippen LogP contribution in [-0.4, -0.2) is 27.3 Å². The van der Waals surface area contributed by atoms with Crippen LogP contribution in [-0.2, 0) is 23.9 Å². The second kappa shape index (κ2) is 7.81. The quantitative estimate of drug-likeness (QED) is 0.521. The topological polar surface area (TPSA) is 108 Å². The number of benzene rings is 1. The molecule has 2 heterocycles. The van der Waals surface area contributed by atoms with Crippen molar-refractivity contribution < 1.29 is 18.0 Å². The van der Waals surface area contributed by atoms with E-state index in [1.165, 1.54) is 6.07 Å². The summed E-state index contributed by atoms with van der Waals surface area (Å²) in [7, 11) is 0. The molecule has 1 fully saturated rings. The summed E-state index contributed by atoms with van der Waals surface area (Å²) >= 11 is 6.07. The lowest BCUT2D eigenvalue weighted by molar-refractivity contribution is -0.137. The Kier molecular flexibility index (Phi) is 5.41. The van der Waals surface area contributed by atoms with Gasteiger partial charge in [-0.2, -0.15) is 18.4 Å². The zero-order valence-corrected chi connectivity index (χ0v) is 17.9. The lowest BCUT2D eigenvalue weighted by Crippen LogP contribution is -2.41. The van der Waals surface area contributed by atoms with E-state index in [-0.39, 0.29) is 23.4 Å². The van der Waals surface area contributed by atoms with E-state index in [9.17, 15) is 23.2 Å². The fourth-order valence-electron chi connectivity index (χ4n) is 3.86. The van der Waals surface area contributed by atoms with E-state index in [0.29, 0.717) is 48.4 Å². The Balaban J connectivity index is 1.62. The zero-order valence-electron chi connectivity index (χ0n) is 17.1. The highest BCUT2D eigenvalue weighted by Gasteiger charge is 2.53. The molecule has 1 aliphatic carbocycles. The third kappa shape index (κ3) is 4.17. The number of nitrogens with zero attached hydrogens (tertiary/aromatic N) is 4. The fourth-order valence-corrected chi connectivity index (χ4v) is 4.04. The van der Waals surface area contributed by atoms with Crippen LogP contribution in [0.5, 0.6) is 0 Å². The van der Waals surface area contributed by atoms with E-state index < -0.39 is 23.2 Å². The molecule has 0 saturated heterocycles. The molecule has 3 N–H and O–H groups in total. The summed E-state index contributed by atoms with van der Waals surface area (Å²) in [5.41, 5.74) is 5.52. The monoisotopic (exact) mass is 464 g/mol. The van der Waals surface area contributed by atoms with Crippen LogP contribution in [0, 0.1) is 16.7 Å². The molecule has 168 valence electrons. The molecule has 2 aromatic rings. The molecule has 4 rings (SSSR count). The lowest BCUT2D eigenvalue weighted by Gasteiger charge is -2.31. The highest BCUT2D eigenvalue weighted by atomic mass is 35.5. The van der Waals surface area contributed by atoms with Crippen LogP contribution >= 0.6 is 11.6 Å². The van der Waals surface area contributed by atoms with Crippen LogP contribution in [0.4, 0.5) is 24.7 Å². The van der Waals surface area contributed by atoms with Gasteiger partial charge < -0.3 is 16.0 Å². The molecule has 0 bridgehead atoms. The van der Waals surface area contributed by atoms with E-state index in [1.54, 1.807) is 11.8 Å². The van der Waals surface area contributed by atoms with E-state index in [4.69, 9.17) is 17.3 Å². The Hall–Kier alpha value is -3.06. The summed E-state index contributed by atoms with van der Waals surface area (Å²) < 4.78 is 39.6. The van der Waals surface area contributed by atoms with Gasteiger partial charge in [-0.15, -0.1) is 0 Å². The largest absolute Gasteiger partial charge is 0.416 e. The number of aromatic nitrogens is 2. The predicted molar refractivity (Wildman–Crippen MR) is 111 cm³/mol. The smallest absolute Gasteiger partial charge is 0.399 e. The van der Waals surface area contributed by atoms with Gasteiger partial charge in [-0.1, -0.05) is 0 Å². The molecular weight excluding hydrogens is 445 g/mol. The van der Waals surface area contributed by atoms with Crippen molar-refractivity contribution in [3.8, 4) is 6.07 Å². The lowest BCUT2D eigenvalue weighted by atomic mass is 10.0. The molecular formula is C21H20ClF3N6O. The van der Waals surface area contributed by atoms with Gasteiger partial charge >= 0.3 is 6.18 Å². The number of hydrogen-bond donors (Lipinski definition) is 2. The Bertz CT molecular complexity index is 1130. The number of alkyl halides is 3. The van der Waals surface area contributed by atoms with Gasteiger partial charge in [-0.3, -0.25) is 4.79 Å². The SMILES string of the molecule is C[C@@H](Nc1nc(Cl)nc2c1CN(C(=O)C1(C#N)CC1)CC2)c1cc(N)cc(C(F)(F)F)c1. The van der Waals surface area contributed by atoms with Crippen molar-refractivity contribution in [1.82, 2.24) is 14.9 Å². The number of nitrogens with one attached hydrogen (secondary N) is 1. The van der Waals surface area contributed by atoms with E-state index in [0.717, 1.165) is 12.1 Å². The van der Waals surface area contributed by atoms with Crippen LogP contribution in [0.3, 0.4) is 0 Å². The molecule has 1 aromatic heterocycles. The molecule has 2 aliphatic rings. The number of nitrogen functional groups attached to an aromatic ring is 1. The third-order valence-corrected chi connectivity index (χ3v) is 6.02. The van der Waals surface area contributed by atoms with Crippen molar-refractivity contribution in [2.45, 2.75) is 44.9 Å². The molecule has 1 saturated carbocycles. The van der Waals surface area contributed by atoms with Crippen LogP contribution in [0.2, 0.25) is 5.28 Å². The molecule has 0 radical (unpaired) electrons. The first-order chi connectivity index (χ1) is 15.0. The number of anilines is 2. The molecule has 11 heteroatoms. The summed E-state index contributed by atoms with van der Waals surface area (Å²) in [6.45, 7) is 2.27. The third-order valence-electron chi connectivity index (χ3n) is 5.85. The highest BCUT2D eigenvalue weighted by molar-refractivity contribution is 6.28. The summed E-state index contributed by atoms with van der Waals surface area (Å²) in [6, 6.07) is 4.89. The maximum absolute atomic E-state index is 13.2. The number of carbonyl (C=O) groups is 1. The number of rotatable bonds is 4. The van der Waals surface area contributed by atoms with Crippen molar-refractivity contribution >= 4 is 29.0 Å². The molecule has 0 spiro atoms. The number of hydrogen-bond acceptors (Lipinski definition) is 6. The minimum atomic E-state index is -4.53. The van der Waals surface area contributed by atoms with Gasteiger partial charge in [0.05, 0.1) is 29.9 Å². The summed E-state index contributed by atoms with van der Waals surface area (Å²) in [5, 5.41) is 12.4. The predicted octanol–water partition coefficient (Wildman–Crippen LogP) is 4.09. The maximum Gasteiger partial charge on any atom is 0.416 e. The highest BCUT2D eigenvalue weighted by Crippen LogP contribution is 2.47. The van der Waals surface area contributed by atoms with Crippen molar-refractivity contribution in [1.29, 1.82) is 5.26 Å². The zero-order chi connectivity index (χ0) is 23.3. The first kappa shape index (κ1) is 22.1. The minimum Gasteiger partial charge on any atom is -0.399 e. The number of amides is 1. The van der Waals surface area contributed by atoms with Gasteiger partial charge in [0.25, 0.3) is 0 Å². The first-order valence-corrected chi connectivity index (χ1v) is 10.4. The standard InChI is InChI=1S/C21H20ClF3N6O/c1-11(12-6-13(21(23,24)25)8-14(27)7-12)28-17-15-9-31(18(32)20(10-26)3-4-20)5-2-16(15)29-19(22)30-17/h6-8,11H,2-5,9,27H2,1H3,(H,28,29,30)/t11-/m1/s1. The van der Waals surface area contributed by atoms with Gasteiger partial charge in [0.15, 0.2) is 0 Å². The van der Waals surface area contributed by atoms with E-state index >= 15 is 0 Å². The molecule has 1 aromatic carbocycles. The maximum atomic E-state index is 13.2. The first-order valence-electron chi connectivity index (χ1n) is 10.0. The van der Waals surface area contributed by atoms with Gasteiger partial charge in [0, 0.05) is 24.2 Å². The molecule has 1 atom stereocenters. The molecule has 32 heavy (non-hydrogen) atoms. The second-order valence-electron chi connectivity index (χ2n) is 8.19. The van der Waals surface area contributed by atoms with Crippen LogP contribution < -0.4 is 11.1 Å². The van der Waals surface area contributed by atoms with Crippen LogP contribution in [0.25, 0.3) is 0 Å². The van der Waals surface area contributed by atoms with Crippen molar-refractivity contribution in [3.63, 3.8) is 0 Å². The van der Waals surface area contributed by atoms with Gasteiger partial charge in [0.2, 0.25) is 11.2 Å². The Labute approximate surface area is 187 Å². The summed E-state index contributed by atoms with van der Waals surface area (Å²) in [4.78, 5) is 22.9. The Morgan fingerprint density at radius 1 is 1.34 bits per heavy atom. The Morgan fingerprint density at radius 2 is 2.06 bits per heavy atom. The molecule has 7 nitrogen and oxygen atoms in total. The Morgan fingerprint density at radius 3 is 2.69 bits per heavy atom. The van der Waals surface area contributed by atoms with E-state index in [2.05, 4.69) is 21.4 Å².